The van der Waals surface area contributed by atoms with Crippen molar-refractivity contribution in [3.05, 3.63) is 11.6 Å². The fourth-order valence-electron chi connectivity index (χ4n) is 8.25. The summed E-state index contributed by atoms with van der Waals surface area (Å²) in [6.07, 6.45) is 15.0. The normalized spacial score (nSPS) is 47.7. The van der Waals surface area contributed by atoms with Crippen LogP contribution in [0, 0.1) is 40.4 Å². The zero-order valence-corrected chi connectivity index (χ0v) is 19.1. The van der Waals surface area contributed by atoms with E-state index in [1.165, 1.54) is 44.9 Å². The molecule has 0 aromatic rings. The number of aliphatic hydroxyl groups is 2. The van der Waals surface area contributed by atoms with E-state index in [0.717, 1.165) is 44.1 Å². The quantitative estimate of drug-likeness (QED) is 0.429. The summed E-state index contributed by atoms with van der Waals surface area (Å²) in [6, 6.07) is 0. The first-order chi connectivity index (χ1) is 13.8. The Morgan fingerprint density at radius 3 is 2.69 bits per heavy atom. The van der Waals surface area contributed by atoms with Crippen molar-refractivity contribution in [3.8, 4) is 0 Å². The van der Waals surface area contributed by atoms with Gasteiger partial charge in [-0.3, -0.25) is 0 Å². The van der Waals surface area contributed by atoms with Gasteiger partial charge in [0.05, 0.1) is 12.2 Å². The molecule has 4 aliphatic carbocycles. The van der Waals surface area contributed by atoms with E-state index in [4.69, 9.17) is 5.73 Å². The lowest BCUT2D eigenvalue weighted by atomic mass is 9.47. The summed E-state index contributed by atoms with van der Waals surface area (Å²) in [6.45, 7) is 8.05. The molecule has 0 spiro atoms. The molecule has 3 fully saturated rings. The fraction of sp³-hybridized carbons (Fsp3) is 0.923. The second-order valence-corrected chi connectivity index (χ2v) is 11.7. The first-order valence-corrected chi connectivity index (χ1v) is 12.5. The molecule has 3 nitrogen and oxygen atoms in total. The summed E-state index contributed by atoms with van der Waals surface area (Å²) >= 11 is 0. The predicted molar refractivity (Wildman–Crippen MR) is 119 cm³/mol. The van der Waals surface area contributed by atoms with Crippen LogP contribution in [-0.4, -0.2) is 29.0 Å². The number of fused-ring (bicyclic) bond motifs is 5. The van der Waals surface area contributed by atoms with Crippen LogP contribution in [0.4, 0.5) is 0 Å². The summed E-state index contributed by atoms with van der Waals surface area (Å²) in [7, 11) is 0. The maximum Gasteiger partial charge on any atom is 0.0577 e. The lowest BCUT2D eigenvalue weighted by Crippen LogP contribution is -2.50. The molecule has 4 N–H and O–H groups in total. The molecule has 9 atom stereocenters. The second kappa shape index (κ2) is 8.28. The zero-order chi connectivity index (χ0) is 20.8. The largest absolute Gasteiger partial charge is 0.393 e. The van der Waals surface area contributed by atoms with E-state index in [2.05, 4.69) is 26.8 Å². The highest BCUT2D eigenvalue weighted by Gasteiger charge is 2.60. The number of aliphatic hydroxyl groups excluding tert-OH is 2. The van der Waals surface area contributed by atoms with E-state index in [-0.39, 0.29) is 12.2 Å². The van der Waals surface area contributed by atoms with Gasteiger partial charge in [0.25, 0.3) is 0 Å². The van der Waals surface area contributed by atoms with Crippen LogP contribution in [0.2, 0.25) is 0 Å². The maximum absolute atomic E-state index is 11.1. The molecule has 29 heavy (non-hydrogen) atoms. The lowest BCUT2D eigenvalue weighted by Gasteiger charge is -2.58. The van der Waals surface area contributed by atoms with Gasteiger partial charge in [0.2, 0.25) is 0 Å². The minimum atomic E-state index is -0.126. The molecular formula is C26H45NO2. The second-order valence-electron chi connectivity index (χ2n) is 11.7. The van der Waals surface area contributed by atoms with Gasteiger partial charge in [-0.15, -0.1) is 0 Å². The highest BCUT2D eigenvalue weighted by Crippen LogP contribution is 2.66. The highest BCUT2D eigenvalue weighted by molar-refractivity contribution is 5.25. The van der Waals surface area contributed by atoms with E-state index < -0.39 is 0 Å². The smallest absolute Gasteiger partial charge is 0.0577 e. The average Bonchev–Trinajstić information content (AvgIpc) is 2.95. The van der Waals surface area contributed by atoms with Gasteiger partial charge in [0, 0.05) is 0 Å². The first kappa shape index (κ1) is 21.8. The number of rotatable bonds is 6. The van der Waals surface area contributed by atoms with Crippen molar-refractivity contribution < 1.29 is 10.2 Å². The van der Waals surface area contributed by atoms with Crippen molar-refractivity contribution in [2.75, 3.05) is 6.54 Å². The molecule has 0 aliphatic heterocycles. The predicted octanol–water partition coefficient (Wildman–Crippen LogP) is 5.05. The van der Waals surface area contributed by atoms with Gasteiger partial charge in [-0.25, -0.2) is 0 Å². The van der Waals surface area contributed by atoms with Crippen molar-refractivity contribution in [2.45, 2.75) is 104 Å². The molecule has 0 radical (unpaired) electrons. The molecule has 3 saturated carbocycles. The van der Waals surface area contributed by atoms with Crippen LogP contribution >= 0.6 is 0 Å². The van der Waals surface area contributed by atoms with E-state index in [1.807, 2.05) is 0 Å². The third kappa shape index (κ3) is 3.74. The Morgan fingerprint density at radius 1 is 1.14 bits per heavy atom. The van der Waals surface area contributed by atoms with Crippen molar-refractivity contribution in [3.63, 3.8) is 0 Å². The average molecular weight is 404 g/mol. The monoisotopic (exact) mass is 403 g/mol. The van der Waals surface area contributed by atoms with Gasteiger partial charge < -0.3 is 15.9 Å². The molecule has 9 unspecified atom stereocenters. The summed E-state index contributed by atoms with van der Waals surface area (Å²) in [5.74, 6) is 3.26. The van der Waals surface area contributed by atoms with E-state index >= 15 is 0 Å². The number of hydrogen-bond donors (Lipinski definition) is 3. The summed E-state index contributed by atoms with van der Waals surface area (Å²) in [5.41, 5.74) is 7.93. The Morgan fingerprint density at radius 2 is 1.93 bits per heavy atom. The van der Waals surface area contributed by atoms with Gasteiger partial charge in [0.15, 0.2) is 0 Å². The summed E-state index contributed by atoms with van der Waals surface area (Å²) in [4.78, 5) is 0. The van der Waals surface area contributed by atoms with Gasteiger partial charge in [-0.2, -0.15) is 0 Å². The van der Waals surface area contributed by atoms with Crippen LogP contribution in [-0.2, 0) is 0 Å². The standard InChI is InChI=1S/C26H45NO2/c1-17(16-27)6-4-5-7-22-24(29)15-23-20-9-8-18-14-19(28)10-12-25(18,2)21(20)11-13-26(22,23)3/h8,17,19-24,28-29H,4-7,9-16,27H2,1-3H3. The van der Waals surface area contributed by atoms with E-state index in [0.29, 0.717) is 28.6 Å². The zero-order valence-electron chi connectivity index (χ0n) is 19.1. The minimum absolute atomic E-state index is 0.109. The Hall–Kier alpha value is -0.380. The van der Waals surface area contributed by atoms with E-state index in [9.17, 15) is 10.2 Å². The molecule has 166 valence electrons. The third-order valence-electron chi connectivity index (χ3n) is 10.2. The van der Waals surface area contributed by atoms with Crippen LogP contribution in [0.5, 0.6) is 0 Å². The summed E-state index contributed by atoms with van der Waals surface area (Å²) in [5, 5.41) is 21.3. The van der Waals surface area contributed by atoms with E-state index in [1.54, 1.807) is 5.57 Å². The molecule has 4 aliphatic rings. The van der Waals surface area contributed by atoms with Crippen molar-refractivity contribution in [1.29, 1.82) is 0 Å². The van der Waals surface area contributed by atoms with Gasteiger partial charge in [-0.1, -0.05) is 45.3 Å². The molecule has 3 heteroatoms. The molecule has 0 bridgehead atoms. The van der Waals surface area contributed by atoms with Crippen LogP contribution < -0.4 is 5.73 Å². The van der Waals surface area contributed by atoms with Crippen molar-refractivity contribution in [1.82, 2.24) is 0 Å². The van der Waals surface area contributed by atoms with Crippen molar-refractivity contribution in [2.24, 2.45) is 46.2 Å². The number of hydrogen-bond acceptors (Lipinski definition) is 3. The molecule has 0 saturated heterocycles. The fourth-order valence-corrected chi connectivity index (χ4v) is 8.25. The maximum atomic E-state index is 11.1. The highest BCUT2D eigenvalue weighted by atomic mass is 16.3. The molecule has 0 amide bonds. The van der Waals surface area contributed by atoms with Crippen LogP contribution in [0.3, 0.4) is 0 Å². The van der Waals surface area contributed by atoms with Crippen LogP contribution in [0.15, 0.2) is 11.6 Å². The van der Waals surface area contributed by atoms with Crippen molar-refractivity contribution >= 4 is 0 Å². The molecule has 0 aromatic carbocycles. The van der Waals surface area contributed by atoms with Crippen LogP contribution in [0.25, 0.3) is 0 Å². The molecule has 0 aromatic heterocycles. The third-order valence-corrected chi connectivity index (χ3v) is 10.2. The first-order valence-electron chi connectivity index (χ1n) is 12.5. The molecule has 4 rings (SSSR count). The lowest BCUT2D eigenvalue weighted by molar-refractivity contribution is -0.0532. The Kier molecular flexibility index (Phi) is 6.23. The van der Waals surface area contributed by atoms with Crippen LogP contribution in [0.1, 0.15) is 91.4 Å². The molecular weight excluding hydrogens is 358 g/mol. The minimum Gasteiger partial charge on any atom is -0.393 e. The topological polar surface area (TPSA) is 66.5 Å². The number of allylic oxidation sites excluding steroid dienone is 1. The SMILES string of the molecule is CC(CN)CCCCC1C(O)CC2C3CC=C4CC(O)CCC4(C)C3CCC12C. The Balaban J connectivity index is 1.46. The van der Waals surface area contributed by atoms with Gasteiger partial charge >= 0.3 is 0 Å². The Bertz CT molecular complexity index is 618. The Labute approximate surface area is 178 Å². The number of unbranched alkanes of at least 4 members (excludes halogenated alkanes) is 1. The summed E-state index contributed by atoms with van der Waals surface area (Å²) < 4.78 is 0. The number of nitrogens with two attached hydrogens (primary N) is 1. The van der Waals surface area contributed by atoms with Gasteiger partial charge in [0.1, 0.15) is 0 Å². The van der Waals surface area contributed by atoms with Gasteiger partial charge in [-0.05, 0) is 105 Å². The molecule has 0 heterocycles.